The van der Waals surface area contributed by atoms with Crippen LogP contribution in [0.5, 0.6) is 0 Å². The lowest BCUT2D eigenvalue weighted by molar-refractivity contribution is -0.870. The summed E-state index contributed by atoms with van der Waals surface area (Å²) < 4.78 is 0.844. The van der Waals surface area contributed by atoms with Crippen molar-refractivity contribution in [2.75, 3.05) is 60.7 Å². The van der Waals surface area contributed by atoms with Gasteiger partial charge in [-0.3, -0.25) is 0 Å². The molecule has 0 heterocycles. The Morgan fingerprint density at radius 3 is 1.11 bits per heavy atom. The molecule has 116 valence electrons. The Morgan fingerprint density at radius 1 is 0.778 bits per heavy atom. The van der Waals surface area contributed by atoms with Gasteiger partial charge in [0.25, 0.3) is 0 Å². The molecule has 0 radical (unpaired) electrons. The van der Waals surface area contributed by atoms with Crippen LogP contribution in [-0.2, 0) is 0 Å². The minimum absolute atomic E-state index is 0. The quantitative estimate of drug-likeness (QED) is 0.281. The number of hydrogen-bond acceptors (Lipinski definition) is 6. The molecule has 0 aromatic heterocycles. The van der Waals surface area contributed by atoms with Crippen molar-refractivity contribution in [1.29, 1.82) is 0 Å². The van der Waals surface area contributed by atoms with E-state index in [0.29, 0.717) is 0 Å². The monoisotopic (exact) mass is 293 g/mol. The summed E-state index contributed by atoms with van der Waals surface area (Å²) in [5.74, 6) is 0. The van der Waals surface area contributed by atoms with Gasteiger partial charge in [0.15, 0.2) is 0 Å². The molecule has 0 saturated heterocycles. The number of likely N-dealkylation sites (N-methyl/N-ethyl adjacent to an activating group) is 1. The largest absolute Gasteiger partial charge is 1.00 e. The standard InChI is InChI=1S/C5H14NO.C3H8O3.C2H6O2.ClH/c1-6(2,3)4-5-7;4-1-3(6)2-5;3-1-2-4;/h7H,4-5H2,1-3H3;3-6H,1-2H2;3-4H,1-2H2;1H/q+1;;;/p-1. The van der Waals surface area contributed by atoms with E-state index in [-0.39, 0.29) is 45.4 Å². The van der Waals surface area contributed by atoms with E-state index in [9.17, 15) is 0 Å². The molecule has 0 aliphatic heterocycles. The minimum atomic E-state index is -0.954. The number of quaternary nitrogens is 1. The van der Waals surface area contributed by atoms with Crippen LogP contribution in [0.4, 0.5) is 0 Å². The van der Waals surface area contributed by atoms with Crippen molar-refractivity contribution in [3.63, 3.8) is 0 Å². The Balaban J connectivity index is -0.0000000823. The lowest BCUT2D eigenvalue weighted by atomic mass is 10.4. The molecule has 0 aliphatic carbocycles. The molecule has 6 N–H and O–H groups in total. The third-order valence-corrected chi connectivity index (χ3v) is 1.29. The summed E-state index contributed by atoms with van der Waals surface area (Å²) in [4.78, 5) is 0. The van der Waals surface area contributed by atoms with Gasteiger partial charge in [0.05, 0.1) is 54.2 Å². The van der Waals surface area contributed by atoms with Gasteiger partial charge in [0.2, 0.25) is 0 Å². The molecule has 0 aromatic rings. The van der Waals surface area contributed by atoms with Crippen molar-refractivity contribution >= 4 is 0 Å². The Kier molecular flexibility index (Phi) is 28.5. The Bertz CT molecular complexity index is 128. The van der Waals surface area contributed by atoms with Crippen molar-refractivity contribution in [1.82, 2.24) is 0 Å². The maximum atomic E-state index is 8.39. The van der Waals surface area contributed by atoms with Gasteiger partial charge in [-0.1, -0.05) is 0 Å². The highest BCUT2D eigenvalue weighted by atomic mass is 35.5. The second-order valence-corrected chi connectivity index (χ2v) is 4.20. The van der Waals surface area contributed by atoms with E-state index in [1.54, 1.807) is 0 Å². The number of halogens is 1. The van der Waals surface area contributed by atoms with E-state index in [4.69, 9.17) is 30.6 Å². The lowest BCUT2D eigenvalue weighted by Crippen LogP contribution is -3.00. The topological polar surface area (TPSA) is 121 Å². The van der Waals surface area contributed by atoms with Crippen LogP contribution in [0.25, 0.3) is 0 Å². The average Bonchev–Trinajstić information content (AvgIpc) is 2.27. The molecule has 8 heteroatoms. The molecule has 0 unspecified atom stereocenters. The summed E-state index contributed by atoms with van der Waals surface area (Å²) >= 11 is 0. The Morgan fingerprint density at radius 2 is 1.11 bits per heavy atom. The molecule has 7 nitrogen and oxygen atoms in total. The van der Waals surface area contributed by atoms with Crippen LogP contribution in [0.15, 0.2) is 0 Å². The highest BCUT2D eigenvalue weighted by molar-refractivity contribution is 4.44. The summed E-state index contributed by atoms with van der Waals surface area (Å²) in [6.07, 6.45) is -0.954. The van der Waals surface area contributed by atoms with E-state index in [0.717, 1.165) is 11.0 Å². The molecule has 0 amide bonds. The summed E-state index contributed by atoms with van der Waals surface area (Å²) in [5, 5.41) is 47.7. The predicted octanol–water partition coefficient (Wildman–Crippen LogP) is -6.01. The highest BCUT2D eigenvalue weighted by Crippen LogP contribution is 1.84. The summed E-state index contributed by atoms with van der Waals surface area (Å²) in [5.41, 5.74) is 0. The third kappa shape index (κ3) is 44.4. The third-order valence-electron chi connectivity index (χ3n) is 1.29. The average molecular weight is 294 g/mol. The van der Waals surface area contributed by atoms with Crippen molar-refractivity contribution in [3.8, 4) is 0 Å². The van der Waals surface area contributed by atoms with Crippen molar-refractivity contribution in [2.24, 2.45) is 0 Å². The molecule has 0 aliphatic rings. The number of hydrogen-bond donors (Lipinski definition) is 6. The fourth-order valence-electron chi connectivity index (χ4n) is 0.358. The maximum Gasteiger partial charge on any atom is 0.101 e. The van der Waals surface area contributed by atoms with Crippen LogP contribution in [0.3, 0.4) is 0 Å². The first-order valence-corrected chi connectivity index (χ1v) is 5.31. The summed E-state index contributed by atoms with van der Waals surface area (Å²) in [6, 6.07) is 0. The second-order valence-electron chi connectivity index (χ2n) is 4.20. The van der Waals surface area contributed by atoms with Gasteiger partial charge in [0.1, 0.15) is 12.6 Å². The fraction of sp³-hybridized carbons (Fsp3) is 1.00. The zero-order chi connectivity index (χ0) is 14.3. The molecule has 0 atom stereocenters. The van der Waals surface area contributed by atoms with Gasteiger partial charge in [0, 0.05) is 0 Å². The number of aliphatic hydroxyl groups is 6. The van der Waals surface area contributed by atoms with Gasteiger partial charge < -0.3 is 47.5 Å². The van der Waals surface area contributed by atoms with Gasteiger partial charge in [-0.2, -0.15) is 0 Å². The zero-order valence-electron chi connectivity index (χ0n) is 11.3. The van der Waals surface area contributed by atoms with Crippen molar-refractivity contribution in [3.05, 3.63) is 0 Å². The van der Waals surface area contributed by atoms with Crippen molar-refractivity contribution in [2.45, 2.75) is 6.10 Å². The predicted molar refractivity (Wildman–Crippen MR) is 64.3 cm³/mol. The van der Waals surface area contributed by atoms with Crippen LogP contribution in [0, 0.1) is 0 Å². The zero-order valence-corrected chi connectivity index (χ0v) is 12.1. The van der Waals surface area contributed by atoms with Crippen LogP contribution >= 0.6 is 0 Å². The van der Waals surface area contributed by atoms with Gasteiger partial charge in [-0.25, -0.2) is 0 Å². The number of rotatable bonds is 5. The van der Waals surface area contributed by atoms with Crippen LogP contribution in [0.2, 0.25) is 0 Å². The minimum Gasteiger partial charge on any atom is -1.00 e. The Hall–Kier alpha value is 0.01000. The summed E-state index contributed by atoms with van der Waals surface area (Å²) in [6.45, 7) is 0.135. The van der Waals surface area contributed by atoms with Crippen molar-refractivity contribution < 1.29 is 47.5 Å². The lowest BCUT2D eigenvalue weighted by Gasteiger charge is -2.21. The second kappa shape index (κ2) is 19.4. The van der Waals surface area contributed by atoms with E-state index in [2.05, 4.69) is 21.1 Å². The molecular formula is C10H28ClNO6. The molecule has 0 rings (SSSR count). The summed E-state index contributed by atoms with van der Waals surface area (Å²) in [7, 11) is 6.16. The van der Waals surface area contributed by atoms with Gasteiger partial charge in [-0.05, 0) is 0 Å². The van der Waals surface area contributed by atoms with Crippen LogP contribution in [-0.4, -0.2) is 102 Å². The first kappa shape index (κ1) is 26.5. The van der Waals surface area contributed by atoms with E-state index >= 15 is 0 Å². The molecular weight excluding hydrogens is 266 g/mol. The van der Waals surface area contributed by atoms with E-state index in [1.807, 2.05) is 0 Å². The molecule has 0 fully saturated rings. The van der Waals surface area contributed by atoms with Crippen LogP contribution in [0.1, 0.15) is 0 Å². The highest BCUT2D eigenvalue weighted by Gasteiger charge is 2.02. The van der Waals surface area contributed by atoms with E-state index < -0.39 is 6.10 Å². The van der Waals surface area contributed by atoms with Crippen LogP contribution < -0.4 is 12.4 Å². The van der Waals surface area contributed by atoms with Gasteiger partial charge in [-0.15, -0.1) is 0 Å². The Labute approximate surface area is 115 Å². The first-order valence-electron chi connectivity index (χ1n) is 5.31. The fourth-order valence-corrected chi connectivity index (χ4v) is 0.358. The normalized spacial score (nSPS) is 9.67. The SMILES string of the molecule is C[N+](C)(C)CCO.OCC(O)CO.OCCO.[Cl-]. The van der Waals surface area contributed by atoms with Gasteiger partial charge >= 0.3 is 0 Å². The molecule has 0 spiro atoms. The molecule has 0 saturated carbocycles. The number of aliphatic hydroxyl groups excluding tert-OH is 6. The smallest absolute Gasteiger partial charge is 0.101 e. The molecule has 0 aromatic carbocycles. The number of nitrogens with zero attached hydrogens (tertiary/aromatic N) is 1. The molecule has 18 heavy (non-hydrogen) atoms. The molecule has 0 bridgehead atoms. The van der Waals surface area contributed by atoms with E-state index in [1.165, 1.54) is 0 Å². The maximum absolute atomic E-state index is 8.39. The first-order chi connectivity index (χ1) is 7.78.